The minimum atomic E-state index is -3.35. The van der Waals surface area contributed by atoms with Crippen LogP contribution < -0.4 is 9.62 Å². The van der Waals surface area contributed by atoms with Crippen molar-refractivity contribution in [3.8, 4) is 0 Å². The number of anilines is 2. The van der Waals surface area contributed by atoms with Crippen molar-refractivity contribution in [1.82, 2.24) is 0 Å². The van der Waals surface area contributed by atoms with Crippen LogP contribution in [0.5, 0.6) is 0 Å². The van der Waals surface area contributed by atoms with E-state index in [1.54, 1.807) is 48.5 Å². The lowest BCUT2D eigenvalue weighted by atomic mass is 10.1. The molecule has 0 aliphatic carbocycles. The molecule has 0 fully saturated rings. The Labute approximate surface area is 140 Å². The second-order valence-corrected chi connectivity index (χ2v) is 7.58. The van der Waals surface area contributed by atoms with Gasteiger partial charge >= 0.3 is 0 Å². The van der Waals surface area contributed by atoms with E-state index in [0.29, 0.717) is 16.4 Å². The quantitative estimate of drug-likeness (QED) is 0.899. The van der Waals surface area contributed by atoms with Crippen molar-refractivity contribution in [3.05, 3.63) is 59.1 Å². The van der Waals surface area contributed by atoms with Gasteiger partial charge in [-0.2, -0.15) is 0 Å². The average Bonchev–Trinajstić information content (AvgIpc) is 2.48. The molecular weight excluding hydrogens is 336 g/mol. The van der Waals surface area contributed by atoms with Gasteiger partial charge in [-0.3, -0.25) is 9.10 Å². The summed E-state index contributed by atoms with van der Waals surface area (Å²) in [6.45, 7) is 0. The normalized spacial score (nSPS) is 11.1. The largest absolute Gasteiger partial charge is 0.326 e. The molecule has 0 heterocycles. The van der Waals surface area contributed by atoms with E-state index in [1.807, 2.05) is 0 Å². The molecule has 0 radical (unpaired) electrons. The predicted octanol–water partition coefficient (Wildman–Crippen LogP) is 2.92. The van der Waals surface area contributed by atoms with Gasteiger partial charge in [0.15, 0.2) is 0 Å². The molecule has 0 atom stereocenters. The molecule has 1 N–H and O–H groups in total. The molecule has 23 heavy (non-hydrogen) atoms. The number of hydrogen-bond donors (Lipinski definition) is 1. The maximum Gasteiger partial charge on any atom is 0.231 e. The van der Waals surface area contributed by atoms with Crippen LogP contribution >= 0.6 is 11.6 Å². The molecule has 0 bridgehead atoms. The van der Waals surface area contributed by atoms with Crippen molar-refractivity contribution in [2.24, 2.45) is 0 Å². The van der Waals surface area contributed by atoms with Crippen molar-refractivity contribution >= 4 is 38.9 Å². The fourth-order valence-electron chi connectivity index (χ4n) is 1.96. The van der Waals surface area contributed by atoms with Gasteiger partial charge in [-0.05, 0) is 35.9 Å². The summed E-state index contributed by atoms with van der Waals surface area (Å²) in [7, 11) is -1.88. The standard InChI is InChI=1S/C16H17ClN2O3S/c1-19(23(2,21)22)15-5-3-4-14(11-15)18-16(20)10-12-6-8-13(17)9-7-12/h3-9,11H,10H2,1-2H3,(H,18,20). The number of carbonyl (C=O) groups excluding carboxylic acids is 1. The first-order chi connectivity index (χ1) is 10.8. The number of sulfonamides is 1. The zero-order valence-electron chi connectivity index (χ0n) is 12.8. The van der Waals surface area contributed by atoms with Gasteiger partial charge in [0.05, 0.1) is 18.4 Å². The molecular formula is C16H17ClN2O3S. The third kappa shape index (κ3) is 4.97. The highest BCUT2D eigenvalue weighted by Gasteiger charge is 2.12. The van der Waals surface area contributed by atoms with Crippen LogP contribution in [-0.2, 0) is 21.2 Å². The van der Waals surface area contributed by atoms with Crippen LogP contribution in [0.3, 0.4) is 0 Å². The molecule has 122 valence electrons. The molecule has 0 aliphatic rings. The number of nitrogens with zero attached hydrogens (tertiary/aromatic N) is 1. The third-order valence-corrected chi connectivity index (χ3v) is 4.73. The third-order valence-electron chi connectivity index (χ3n) is 3.27. The van der Waals surface area contributed by atoms with E-state index in [1.165, 1.54) is 7.05 Å². The average molecular weight is 353 g/mol. The van der Waals surface area contributed by atoms with Crippen LogP contribution in [0, 0.1) is 0 Å². The van der Waals surface area contributed by atoms with E-state index >= 15 is 0 Å². The van der Waals surface area contributed by atoms with E-state index in [9.17, 15) is 13.2 Å². The highest BCUT2D eigenvalue weighted by atomic mass is 35.5. The second-order valence-electron chi connectivity index (χ2n) is 5.13. The molecule has 2 rings (SSSR count). The van der Waals surface area contributed by atoms with Crippen molar-refractivity contribution in [2.75, 3.05) is 22.9 Å². The molecule has 7 heteroatoms. The summed E-state index contributed by atoms with van der Waals surface area (Å²) < 4.78 is 24.3. The molecule has 2 aromatic carbocycles. The summed E-state index contributed by atoms with van der Waals surface area (Å²) in [5.41, 5.74) is 1.87. The van der Waals surface area contributed by atoms with E-state index in [4.69, 9.17) is 11.6 Å². The Bertz CT molecular complexity index is 804. The molecule has 1 amide bonds. The lowest BCUT2D eigenvalue weighted by molar-refractivity contribution is -0.115. The highest BCUT2D eigenvalue weighted by Crippen LogP contribution is 2.20. The number of carbonyl (C=O) groups is 1. The van der Waals surface area contributed by atoms with Gasteiger partial charge < -0.3 is 5.32 Å². The molecule has 0 saturated heterocycles. The van der Waals surface area contributed by atoms with Gasteiger partial charge in [0.1, 0.15) is 0 Å². The summed E-state index contributed by atoms with van der Waals surface area (Å²) in [5, 5.41) is 3.37. The first-order valence-electron chi connectivity index (χ1n) is 6.84. The minimum absolute atomic E-state index is 0.188. The highest BCUT2D eigenvalue weighted by molar-refractivity contribution is 7.92. The molecule has 0 spiro atoms. The molecule has 0 aliphatic heterocycles. The van der Waals surface area contributed by atoms with E-state index in [-0.39, 0.29) is 12.3 Å². The van der Waals surface area contributed by atoms with Gasteiger partial charge in [0.25, 0.3) is 0 Å². The summed E-state index contributed by atoms with van der Waals surface area (Å²) >= 11 is 5.81. The van der Waals surface area contributed by atoms with Gasteiger partial charge in [-0.1, -0.05) is 29.8 Å². The van der Waals surface area contributed by atoms with Crippen molar-refractivity contribution in [3.63, 3.8) is 0 Å². The van der Waals surface area contributed by atoms with Gasteiger partial charge in [0, 0.05) is 17.8 Å². The molecule has 0 saturated carbocycles. The van der Waals surface area contributed by atoms with Crippen molar-refractivity contribution in [1.29, 1.82) is 0 Å². The van der Waals surface area contributed by atoms with Crippen LogP contribution in [0.1, 0.15) is 5.56 Å². The van der Waals surface area contributed by atoms with E-state index < -0.39 is 10.0 Å². The minimum Gasteiger partial charge on any atom is -0.326 e. The monoisotopic (exact) mass is 352 g/mol. The predicted molar refractivity (Wildman–Crippen MR) is 93.5 cm³/mol. The summed E-state index contributed by atoms with van der Waals surface area (Å²) in [6, 6.07) is 13.7. The van der Waals surface area contributed by atoms with Crippen LogP contribution in [0.2, 0.25) is 5.02 Å². The lowest BCUT2D eigenvalue weighted by Crippen LogP contribution is -2.25. The smallest absolute Gasteiger partial charge is 0.231 e. The zero-order valence-corrected chi connectivity index (χ0v) is 14.4. The van der Waals surface area contributed by atoms with Crippen molar-refractivity contribution < 1.29 is 13.2 Å². The molecule has 0 unspecified atom stereocenters. The number of hydrogen-bond acceptors (Lipinski definition) is 3. The lowest BCUT2D eigenvalue weighted by Gasteiger charge is -2.17. The Morgan fingerprint density at radius 2 is 1.83 bits per heavy atom. The summed E-state index contributed by atoms with van der Waals surface area (Å²) in [6.07, 6.45) is 1.34. The van der Waals surface area contributed by atoms with Crippen LogP contribution in [0.4, 0.5) is 11.4 Å². The van der Waals surface area contributed by atoms with Crippen molar-refractivity contribution in [2.45, 2.75) is 6.42 Å². The fourth-order valence-corrected chi connectivity index (χ4v) is 2.59. The van der Waals surface area contributed by atoms with Crippen LogP contribution in [0.25, 0.3) is 0 Å². The maximum atomic E-state index is 12.1. The zero-order chi connectivity index (χ0) is 17.0. The molecule has 2 aromatic rings. The molecule has 5 nitrogen and oxygen atoms in total. The van der Waals surface area contributed by atoms with Gasteiger partial charge in [-0.15, -0.1) is 0 Å². The van der Waals surface area contributed by atoms with Crippen LogP contribution in [-0.4, -0.2) is 27.6 Å². The number of rotatable bonds is 5. The molecule has 0 aromatic heterocycles. The SMILES string of the molecule is CN(c1cccc(NC(=O)Cc2ccc(Cl)cc2)c1)S(C)(=O)=O. The fraction of sp³-hybridized carbons (Fsp3) is 0.188. The Morgan fingerprint density at radius 3 is 2.43 bits per heavy atom. The Hall–Kier alpha value is -2.05. The summed E-state index contributed by atoms with van der Waals surface area (Å²) in [4.78, 5) is 12.1. The van der Waals surface area contributed by atoms with Crippen LogP contribution in [0.15, 0.2) is 48.5 Å². The maximum absolute atomic E-state index is 12.1. The van der Waals surface area contributed by atoms with E-state index in [2.05, 4.69) is 5.32 Å². The summed E-state index contributed by atoms with van der Waals surface area (Å²) in [5.74, 6) is -0.188. The van der Waals surface area contributed by atoms with Gasteiger partial charge in [-0.25, -0.2) is 8.42 Å². The number of nitrogens with one attached hydrogen (secondary N) is 1. The number of halogens is 1. The second kappa shape index (κ2) is 7.02. The Morgan fingerprint density at radius 1 is 1.17 bits per heavy atom. The first-order valence-corrected chi connectivity index (χ1v) is 9.06. The Balaban J connectivity index is 2.08. The van der Waals surface area contributed by atoms with E-state index in [0.717, 1.165) is 16.1 Å². The Kier molecular flexibility index (Phi) is 5.28. The number of benzene rings is 2. The first kappa shape index (κ1) is 17.3. The van der Waals surface area contributed by atoms with Gasteiger partial charge in [0.2, 0.25) is 15.9 Å². The number of amides is 1. The topological polar surface area (TPSA) is 66.5 Å².